The Bertz CT molecular complexity index is 665. The Morgan fingerprint density at radius 3 is 2.00 bits per heavy atom. The van der Waals surface area contributed by atoms with Crippen LogP contribution in [-0.4, -0.2) is 39.8 Å². The van der Waals surface area contributed by atoms with Gasteiger partial charge in [-0.25, -0.2) is 0 Å². The van der Waals surface area contributed by atoms with E-state index in [1.54, 1.807) is 0 Å². The van der Waals surface area contributed by atoms with Crippen LogP contribution in [0.15, 0.2) is 60.7 Å². The predicted molar refractivity (Wildman–Crippen MR) is 108 cm³/mol. The second-order valence-corrected chi connectivity index (χ2v) is 8.95. The van der Waals surface area contributed by atoms with Crippen molar-refractivity contribution in [1.29, 1.82) is 0 Å². The Kier molecular flexibility index (Phi) is 5.25. The summed E-state index contributed by atoms with van der Waals surface area (Å²) in [4.78, 5) is 6.02. The van der Waals surface area contributed by atoms with Crippen molar-refractivity contribution >= 4 is 15.9 Å². The number of likely N-dealkylation sites (tertiary alicyclic amines) is 2. The molecule has 0 bridgehead atoms. The van der Waals surface area contributed by atoms with Crippen LogP contribution in [-0.2, 0) is 13.1 Å². The molecule has 2 aromatic rings. The number of benzene rings is 2. The van der Waals surface area contributed by atoms with E-state index in [4.69, 9.17) is 0 Å². The Hall–Kier alpha value is -1.16. The molecule has 0 amide bonds. The van der Waals surface area contributed by atoms with Gasteiger partial charge in [-0.3, -0.25) is 9.80 Å². The molecule has 2 saturated heterocycles. The molecular weight excluding hydrogens is 372 g/mol. The number of hydrogen-bond donors (Lipinski definition) is 0. The molecule has 1 spiro atoms. The average Bonchev–Trinajstić information content (AvgIpc) is 2.94. The maximum atomic E-state index is 3.92. The van der Waals surface area contributed by atoms with Crippen molar-refractivity contribution in [2.24, 2.45) is 0 Å². The third-order valence-electron chi connectivity index (χ3n) is 5.94. The molecule has 25 heavy (non-hydrogen) atoms. The Morgan fingerprint density at radius 2 is 1.40 bits per heavy atom. The van der Waals surface area contributed by atoms with Gasteiger partial charge in [-0.05, 0) is 30.4 Å². The number of halogens is 1. The van der Waals surface area contributed by atoms with Crippen molar-refractivity contribution in [3.8, 4) is 0 Å². The van der Waals surface area contributed by atoms with Crippen LogP contribution < -0.4 is 0 Å². The normalized spacial score (nSPS) is 24.0. The molecule has 0 radical (unpaired) electrons. The van der Waals surface area contributed by atoms with Crippen molar-refractivity contribution in [3.05, 3.63) is 71.8 Å². The van der Waals surface area contributed by atoms with Crippen molar-refractivity contribution in [3.63, 3.8) is 0 Å². The summed E-state index contributed by atoms with van der Waals surface area (Å²) < 4.78 is 0. The van der Waals surface area contributed by atoms with Crippen LogP contribution in [0.4, 0.5) is 0 Å². The third kappa shape index (κ3) is 3.99. The van der Waals surface area contributed by atoms with Gasteiger partial charge < -0.3 is 0 Å². The fourth-order valence-corrected chi connectivity index (χ4v) is 5.52. The van der Waals surface area contributed by atoms with Crippen molar-refractivity contribution in [2.45, 2.75) is 42.7 Å². The number of nitrogens with zero attached hydrogens (tertiary/aromatic N) is 2. The van der Waals surface area contributed by atoms with Gasteiger partial charge in [0.25, 0.3) is 0 Å². The molecule has 1 atom stereocenters. The average molecular weight is 399 g/mol. The highest BCUT2D eigenvalue weighted by atomic mass is 79.9. The highest BCUT2D eigenvalue weighted by molar-refractivity contribution is 9.09. The van der Waals surface area contributed by atoms with Gasteiger partial charge in [0.15, 0.2) is 0 Å². The van der Waals surface area contributed by atoms with Gasteiger partial charge in [-0.2, -0.15) is 0 Å². The first-order chi connectivity index (χ1) is 12.2. The first-order valence-electron chi connectivity index (χ1n) is 9.43. The van der Waals surface area contributed by atoms with Gasteiger partial charge in [0, 0.05) is 43.1 Å². The first kappa shape index (κ1) is 17.3. The molecule has 132 valence electrons. The molecule has 0 aromatic heterocycles. The maximum Gasteiger partial charge on any atom is 0.0291 e. The van der Waals surface area contributed by atoms with Crippen molar-refractivity contribution in [2.75, 3.05) is 19.6 Å². The molecule has 2 nitrogen and oxygen atoms in total. The number of rotatable bonds is 4. The zero-order valence-corrected chi connectivity index (χ0v) is 16.4. The minimum absolute atomic E-state index is 0.386. The fraction of sp³-hybridized carbons (Fsp3) is 0.455. The van der Waals surface area contributed by atoms with Gasteiger partial charge in [0.1, 0.15) is 0 Å². The molecule has 2 aliphatic heterocycles. The Labute approximate surface area is 160 Å². The van der Waals surface area contributed by atoms with Crippen LogP contribution in [0, 0.1) is 0 Å². The Balaban J connectivity index is 1.41. The lowest BCUT2D eigenvalue weighted by atomic mass is 9.84. The summed E-state index contributed by atoms with van der Waals surface area (Å²) in [7, 11) is 0. The SMILES string of the molecule is Br[C@@H]1CN(Cc2ccccc2)C2(CCN(Cc3ccccc3)CC2)C1. The summed E-state index contributed by atoms with van der Waals surface area (Å²) in [5, 5.41) is 0. The van der Waals surface area contributed by atoms with E-state index in [1.165, 1.54) is 50.0 Å². The monoisotopic (exact) mass is 398 g/mol. The van der Waals surface area contributed by atoms with Gasteiger partial charge >= 0.3 is 0 Å². The molecule has 2 aliphatic rings. The third-order valence-corrected chi connectivity index (χ3v) is 6.56. The van der Waals surface area contributed by atoms with Gasteiger partial charge in [-0.15, -0.1) is 0 Å². The van der Waals surface area contributed by atoms with Gasteiger partial charge in [-0.1, -0.05) is 76.6 Å². The number of hydrogen-bond acceptors (Lipinski definition) is 2. The molecule has 3 heteroatoms. The van der Waals surface area contributed by atoms with E-state index in [1.807, 2.05) is 0 Å². The number of alkyl halides is 1. The quantitative estimate of drug-likeness (QED) is 0.689. The molecule has 2 heterocycles. The highest BCUT2D eigenvalue weighted by Gasteiger charge is 2.46. The molecule has 2 fully saturated rings. The molecular formula is C22H27BrN2. The second kappa shape index (κ2) is 7.61. The minimum Gasteiger partial charge on any atom is -0.299 e. The van der Waals surface area contributed by atoms with Crippen LogP contribution in [0.25, 0.3) is 0 Å². The van der Waals surface area contributed by atoms with Crippen molar-refractivity contribution in [1.82, 2.24) is 9.80 Å². The summed E-state index contributed by atoms with van der Waals surface area (Å²) >= 11 is 3.92. The second-order valence-electron chi connectivity index (χ2n) is 7.65. The van der Waals surface area contributed by atoms with Crippen LogP contribution in [0.2, 0.25) is 0 Å². The van der Waals surface area contributed by atoms with Crippen LogP contribution in [0.3, 0.4) is 0 Å². The summed E-state index contributed by atoms with van der Waals surface area (Å²) in [6.45, 7) is 5.77. The zero-order chi connectivity index (χ0) is 17.1. The lowest BCUT2D eigenvalue weighted by Gasteiger charge is -2.45. The number of piperidine rings is 1. The van der Waals surface area contributed by atoms with E-state index in [0.717, 1.165) is 13.1 Å². The van der Waals surface area contributed by atoms with Crippen LogP contribution in [0.1, 0.15) is 30.4 Å². The maximum absolute atomic E-state index is 3.92. The molecule has 0 unspecified atom stereocenters. The van der Waals surface area contributed by atoms with E-state index in [-0.39, 0.29) is 0 Å². The molecule has 0 saturated carbocycles. The molecule has 0 aliphatic carbocycles. The topological polar surface area (TPSA) is 6.48 Å². The summed E-state index contributed by atoms with van der Waals surface area (Å²) in [5.74, 6) is 0. The lowest BCUT2D eigenvalue weighted by molar-refractivity contribution is 0.0450. The lowest BCUT2D eigenvalue weighted by Crippen LogP contribution is -2.51. The summed E-state index contributed by atoms with van der Waals surface area (Å²) in [5.41, 5.74) is 3.26. The standard InChI is InChI=1S/C22H27BrN2/c23-21-15-22(25(18-21)17-20-9-5-2-6-10-20)11-13-24(14-12-22)16-19-7-3-1-4-8-19/h1-10,21H,11-18H2/t21-/m0/s1. The minimum atomic E-state index is 0.386. The smallest absolute Gasteiger partial charge is 0.0291 e. The Morgan fingerprint density at radius 1 is 0.840 bits per heavy atom. The highest BCUT2D eigenvalue weighted by Crippen LogP contribution is 2.42. The molecule has 0 N–H and O–H groups in total. The predicted octanol–water partition coefficient (Wildman–Crippen LogP) is 4.69. The summed E-state index contributed by atoms with van der Waals surface area (Å²) in [6.07, 6.45) is 3.86. The van der Waals surface area contributed by atoms with Crippen molar-refractivity contribution < 1.29 is 0 Å². The van der Waals surface area contributed by atoms with E-state index >= 15 is 0 Å². The zero-order valence-electron chi connectivity index (χ0n) is 14.8. The van der Waals surface area contributed by atoms with Crippen LogP contribution >= 0.6 is 15.9 Å². The van der Waals surface area contributed by atoms with E-state index in [9.17, 15) is 0 Å². The van der Waals surface area contributed by atoms with Crippen LogP contribution in [0.5, 0.6) is 0 Å². The first-order valence-corrected chi connectivity index (χ1v) is 10.3. The van der Waals surface area contributed by atoms with E-state index in [2.05, 4.69) is 86.4 Å². The van der Waals surface area contributed by atoms with E-state index < -0.39 is 0 Å². The van der Waals surface area contributed by atoms with E-state index in [0.29, 0.717) is 10.4 Å². The molecule has 2 aromatic carbocycles. The largest absolute Gasteiger partial charge is 0.299 e. The van der Waals surface area contributed by atoms with Gasteiger partial charge in [0.05, 0.1) is 0 Å². The fourth-order valence-electron chi connectivity index (χ4n) is 4.56. The molecule has 4 rings (SSSR count). The van der Waals surface area contributed by atoms with Gasteiger partial charge in [0.2, 0.25) is 0 Å². The summed E-state index contributed by atoms with van der Waals surface area (Å²) in [6, 6.07) is 21.8.